The van der Waals surface area contributed by atoms with E-state index in [1.165, 1.54) is 32.6 Å². The fourth-order valence-electron chi connectivity index (χ4n) is 8.85. The Morgan fingerprint density at radius 1 is 0.468 bits per heavy atom. The topological polar surface area (TPSA) is 170 Å². The van der Waals surface area contributed by atoms with Gasteiger partial charge in [-0.15, -0.1) is 20.4 Å². The number of para-hydroxylation sites is 4. The van der Waals surface area contributed by atoms with Crippen LogP contribution in [0.1, 0.15) is 13.8 Å². The van der Waals surface area contributed by atoms with Crippen molar-refractivity contribution < 1.29 is 37.7 Å². The van der Waals surface area contributed by atoms with E-state index in [0.29, 0.717) is 58.0 Å². The second kappa shape index (κ2) is 24.0. The third-order valence-electron chi connectivity index (χ3n) is 12.5. The molecule has 4 heterocycles. The molecule has 0 amide bonds. The van der Waals surface area contributed by atoms with Crippen LogP contribution in [0.25, 0.3) is 101 Å². The van der Waals surface area contributed by atoms with Gasteiger partial charge in [0.25, 0.3) is 0 Å². The van der Waals surface area contributed by atoms with Gasteiger partial charge in [0.05, 0.1) is 22.1 Å². The maximum atomic E-state index is 11.5. The lowest BCUT2D eigenvalue weighted by atomic mass is 10.2. The number of ether oxygens (including phenoxy) is 3. The number of phenols is 1. The molecule has 14 nitrogen and oxygen atoms in total. The van der Waals surface area contributed by atoms with Gasteiger partial charge in [0.1, 0.15) is 31.3 Å². The first-order valence-corrected chi connectivity index (χ1v) is 26.3. The van der Waals surface area contributed by atoms with Crippen LogP contribution in [0.2, 0.25) is 0 Å². The predicted molar refractivity (Wildman–Crippen MR) is 312 cm³/mol. The first kappa shape index (κ1) is 52.6. The number of halogens is 1. The maximum Gasteiger partial charge on any atom is 0.333 e. The molecule has 0 saturated heterocycles. The Morgan fingerprint density at radius 3 is 1.25 bits per heavy atom. The van der Waals surface area contributed by atoms with Gasteiger partial charge in [-0.05, 0) is 123 Å². The van der Waals surface area contributed by atoms with Crippen molar-refractivity contribution in [1.82, 2.24) is 29.5 Å². The van der Waals surface area contributed by atoms with Crippen LogP contribution in [0.5, 0.6) is 11.5 Å². The third kappa shape index (κ3) is 11.8. The molecule has 1 N–H and O–H groups in total. The average molecular weight is 1110 g/mol. The first-order valence-electron chi connectivity index (χ1n) is 25.1. The highest BCUT2D eigenvalue weighted by atomic mass is 79.9. The summed E-state index contributed by atoms with van der Waals surface area (Å²) in [5.41, 5.74) is 10.6. The molecule has 0 spiro atoms. The zero-order chi connectivity index (χ0) is 54.8. The zero-order valence-electron chi connectivity index (χ0n) is 43.1. The number of rotatable bonds is 14. The first-order chi connectivity index (χ1) is 38.5. The number of carbonyl (C=O) groups excluding carboxylic acids is 2. The number of aromatic hydroxyl groups is 1. The van der Waals surface area contributed by atoms with Crippen LogP contribution in [0, 0.1) is 0 Å². The van der Waals surface area contributed by atoms with Gasteiger partial charge in [0.2, 0.25) is 23.6 Å². The summed E-state index contributed by atoms with van der Waals surface area (Å²) >= 11 is 3.12. The van der Waals surface area contributed by atoms with Crippen molar-refractivity contribution in [2.45, 2.75) is 13.8 Å². The van der Waals surface area contributed by atoms with E-state index in [-0.39, 0.29) is 24.9 Å². The minimum Gasteiger partial charge on any atom is -0.508 e. The Hall–Kier alpha value is -9.86. The van der Waals surface area contributed by atoms with Crippen LogP contribution in [-0.4, -0.2) is 71.7 Å². The van der Waals surface area contributed by atoms with Gasteiger partial charge in [-0.25, -0.2) is 9.59 Å². The molecular weight excluding hydrogens is 1060 g/mol. The molecule has 0 radical (unpaired) electrons. The summed E-state index contributed by atoms with van der Waals surface area (Å²) in [6.07, 6.45) is 0. The van der Waals surface area contributed by atoms with Crippen LogP contribution in [-0.2, 0) is 19.1 Å². The van der Waals surface area contributed by atoms with Crippen molar-refractivity contribution in [3.05, 3.63) is 218 Å². The molecule has 0 bridgehead atoms. The summed E-state index contributed by atoms with van der Waals surface area (Å²) in [5, 5.41) is 32.1. The van der Waals surface area contributed by atoms with Crippen LogP contribution >= 0.6 is 15.9 Å². The second-order valence-electron chi connectivity index (χ2n) is 18.1. The highest BCUT2D eigenvalue weighted by Gasteiger charge is 2.17. The van der Waals surface area contributed by atoms with E-state index in [1.54, 1.807) is 32.0 Å². The number of hydrogen-bond donors (Lipinski definition) is 1. The van der Waals surface area contributed by atoms with Crippen molar-refractivity contribution in [3.8, 4) is 68.7 Å². The Bertz CT molecular complexity index is 4050. The third-order valence-corrected chi connectivity index (χ3v) is 12.8. The number of hydrogen-bond acceptors (Lipinski definition) is 12. The van der Waals surface area contributed by atoms with E-state index >= 15 is 0 Å². The molecule has 0 atom stereocenters. The molecule has 0 aliphatic carbocycles. The molecule has 12 aromatic rings. The van der Waals surface area contributed by atoms with Gasteiger partial charge < -0.3 is 37.3 Å². The average Bonchev–Trinajstić information content (AvgIpc) is 4.47. The highest BCUT2D eigenvalue weighted by molar-refractivity contribution is 9.09. The molecule has 12 rings (SSSR count). The van der Waals surface area contributed by atoms with E-state index in [1.807, 2.05) is 54.6 Å². The summed E-state index contributed by atoms with van der Waals surface area (Å²) < 4.78 is 31.8. The van der Waals surface area contributed by atoms with E-state index in [0.717, 1.165) is 39.1 Å². The van der Waals surface area contributed by atoms with Gasteiger partial charge >= 0.3 is 11.9 Å². The fourth-order valence-corrected chi connectivity index (χ4v) is 9.01. The van der Waals surface area contributed by atoms with Crippen molar-refractivity contribution in [3.63, 3.8) is 0 Å². The molecule has 0 saturated carbocycles. The Morgan fingerprint density at radius 2 is 0.848 bits per heavy atom. The van der Waals surface area contributed by atoms with Gasteiger partial charge in [-0.3, -0.25) is 0 Å². The van der Waals surface area contributed by atoms with E-state index in [2.05, 4.69) is 185 Å². The smallest absolute Gasteiger partial charge is 0.333 e. The lowest BCUT2D eigenvalue weighted by molar-refractivity contribution is -0.140. The van der Waals surface area contributed by atoms with Crippen molar-refractivity contribution >= 4 is 71.5 Å². The second-order valence-corrected chi connectivity index (χ2v) is 18.9. The number of fused-ring (bicyclic) bond motifs is 6. The predicted octanol–water partition coefficient (Wildman–Crippen LogP) is 14.7. The maximum absolute atomic E-state index is 11.5. The van der Waals surface area contributed by atoms with Crippen LogP contribution in [0.15, 0.2) is 227 Å². The van der Waals surface area contributed by atoms with Crippen LogP contribution in [0.3, 0.4) is 0 Å². The normalized spacial score (nSPS) is 10.9. The minimum atomic E-state index is -0.436. The molecule has 0 aliphatic heterocycles. The highest BCUT2D eigenvalue weighted by Crippen LogP contribution is 2.35. The number of nitrogens with zero attached hydrogens (tertiary/aromatic N) is 6. The molecule has 79 heavy (non-hydrogen) atoms. The van der Waals surface area contributed by atoms with Gasteiger partial charge in [-0.1, -0.05) is 114 Å². The van der Waals surface area contributed by atoms with Gasteiger partial charge in [0, 0.05) is 71.6 Å². The van der Waals surface area contributed by atoms with E-state index < -0.39 is 5.97 Å². The molecule has 0 unspecified atom stereocenters. The number of aromatic nitrogens is 6. The standard InChI is InChI=1S/C32H25N3O4.C26H17N3O2.C6H9BrO2/c1-21(2)32(36)38-19-18-37-25-9-7-8-23(20-25)31-34-33-30(39-31)22-14-16-24(17-15-22)35-28-12-5-3-10-26(28)27-11-4-6-13-29(27)35;30-20-7-5-6-18(16-20)26-28-27-25(31-26)17-12-14-19(15-13-17)29-23-10-3-1-8-21(23)22-9-2-4-11-24(22)29;1-5(2)6(8)9-4-3-7/h3-17,20H,1,18-19H2,2H3;1-16,30H;1,3-4H2,2H3. The van der Waals surface area contributed by atoms with Crippen LogP contribution in [0.4, 0.5) is 0 Å². The SMILES string of the molecule is C=C(C)C(=O)OCCBr.C=C(C)C(=O)OCCOc1cccc(-c2nnc(-c3ccc(-n4c5ccccc5c5ccccc54)cc3)o2)c1.Oc1cccc(-c2nnc(-c3ccc(-n4c5ccccc5c5ccccc54)cc3)o2)c1. The van der Waals surface area contributed by atoms with E-state index in [4.69, 9.17) is 18.3 Å². The Labute approximate surface area is 462 Å². The summed E-state index contributed by atoms with van der Waals surface area (Å²) in [6.45, 7) is 11.0. The number of alkyl halides is 1. The lowest BCUT2D eigenvalue weighted by Gasteiger charge is -2.08. The van der Waals surface area contributed by atoms with Gasteiger partial charge in [0.15, 0.2) is 0 Å². The quantitative estimate of drug-likeness (QED) is 0.0474. The van der Waals surface area contributed by atoms with Crippen molar-refractivity contribution in [2.24, 2.45) is 0 Å². The summed E-state index contributed by atoms with van der Waals surface area (Å²) in [7, 11) is 0. The molecule has 0 aliphatic rings. The Kier molecular flexibility index (Phi) is 16.0. The Balaban J connectivity index is 0.000000157. The van der Waals surface area contributed by atoms with Crippen molar-refractivity contribution in [1.29, 1.82) is 0 Å². The minimum absolute atomic E-state index is 0.130. The number of phenolic OH excluding ortho intramolecular Hbond substituents is 1. The number of benzene rings is 8. The largest absolute Gasteiger partial charge is 0.508 e. The van der Waals surface area contributed by atoms with Gasteiger partial charge in [-0.2, -0.15) is 0 Å². The summed E-state index contributed by atoms with van der Waals surface area (Å²) in [5.74, 6) is 1.63. The fraction of sp³-hybridized carbons (Fsp3) is 0.0938. The lowest BCUT2D eigenvalue weighted by Crippen LogP contribution is -2.12. The molecule has 15 heteroatoms. The van der Waals surface area contributed by atoms with Crippen LogP contribution < -0.4 is 4.74 Å². The summed E-state index contributed by atoms with van der Waals surface area (Å²) in [4.78, 5) is 22.0. The van der Waals surface area contributed by atoms with Crippen molar-refractivity contribution in [2.75, 3.05) is 25.2 Å². The zero-order valence-corrected chi connectivity index (χ0v) is 44.7. The molecule has 0 fully saturated rings. The molecule has 392 valence electrons. The molecule has 4 aromatic heterocycles. The molecule has 8 aromatic carbocycles. The van der Waals surface area contributed by atoms with E-state index in [9.17, 15) is 14.7 Å². The summed E-state index contributed by atoms with van der Waals surface area (Å²) in [6, 6.07) is 64.0. The number of esters is 2. The number of carbonyl (C=O) groups is 2. The molecular formula is C64H51BrN6O8. The monoisotopic (exact) mass is 1110 g/mol.